The lowest BCUT2D eigenvalue weighted by Gasteiger charge is -2.34. The summed E-state index contributed by atoms with van der Waals surface area (Å²) >= 11 is 0. The number of nitrogens with zero attached hydrogens (tertiary/aromatic N) is 2. The predicted octanol–water partition coefficient (Wildman–Crippen LogP) is 0.644. The van der Waals surface area contributed by atoms with Crippen LogP contribution in [-0.2, 0) is 16.3 Å². The van der Waals surface area contributed by atoms with E-state index in [1.807, 2.05) is 13.0 Å². The zero-order chi connectivity index (χ0) is 15.5. The van der Waals surface area contributed by atoms with E-state index in [4.69, 9.17) is 4.42 Å². The van der Waals surface area contributed by atoms with Crippen molar-refractivity contribution in [1.82, 2.24) is 9.80 Å². The minimum Gasteiger partial charge on any atom is -0.456 e. The molecule has 1 amide bonds. The van der Waals surface area contributed by atoms with Crippen molar-refractivity contribution in [3.8, 4) is 0 Å². The second-order valence-corrected chi connectivity index (χ2v) is 7.64. The third kappa shape index (κ3) is 4.57. The molecule has 0 aliphatic carbocycles. The number of rotatable bonds is 5. The lowest BCUT2D eigenvalue weighted by Crippen LogP contribution is -2.49. The summed E-state index contributed by atoms with van der Waals surface area (Å²) in [7, 11) is -2.93. The lowest BCUT2D eigenvalue weighted by atomic mass is 10.3. The van der Waals surface area contributed by atoms with Crippen LogP contribution in [0, 0.1) is 0 Å². The van der Waals surface area contributed by atoms with Crippen molar-refractivity contribution < 1.29 is 17.6 Å². The number of amides is 1. The molecule has 1 aromatic rings. The van der Waals surface area contributed by atoms with Crippen LogP contribution in [0.25, 0.3) is 0 Å². The lowest BCUT2D eigenvalue weighted by molar-refractivity contribution is 0.0611. The Balaban J connectivity index is 1.84. The molecule has 1 aliphatic heterocycles. The van der Waals surface area contributed by atoms with E-state index in [1.165, 1.54) is 6.26 Å². The van der Waals surface area contributed by atoms with Gasteiger partial charge in [-0.1, -0.05) is 6.92 Å². The summed E-state index contributed by atoms with van der Waals surface area (Å²) in [5.41, 5.74) is 0. The fourth-order valence-electron chi connectivity index (χ4n) is 2.31. The number of furan rings is 1. The third-order valence-electron chi connectivity index (χ3n) is 3.66. The maximum absolute atomic E-state index is 12.3. The summed E-state index contributed by atoms with van der Waals surface area (Å²) in [6.07, 6.45) is 2.02. The molecule has 0 N–H and O–H groups in total. The van der Waals surface area contributed by atoms with Gasteiger partial charge in [-0.05, 0) is 12.1 Å². The monoisotopic (exact) mass is 314 g/mol. The summed E-state index contributed by atoms with van der Waals surface area (Å²) in [5.74, 6) is 1.28. The molecule has 2 rings (SSSR count). The molecule has 0 saturated carbocycles. The van der Waals surface area contributed by atoms with Gasteiger partial charge in [-0.3, -0.25) is 9.69 Å². The maximum Gasteiger partial charge on any atom is 0.289 e. The Morgan fingerprint density at radius 1 is 1.24 bits per heavy atom. The molecule has 1 aromatic heterocycles. The van der Waals surface area contributed by atoms with Crippen LogP contribution in [0.1, 0.15) is 23.2 Å². The Hall–Kier alpha value is -1.34. The topological polar surface area (TPSA) is 70.8 Å². The molecule has 0 aromatic carbocycles. The van der Waals surface area contributed by atoms with E-state index < -0.39 is 9.84 Å². The first-order valence-electron chi connectivity index (χ1n) is 7.17. The number of carbonyl (C=O) groups is 1. The molecule has 21 heavy (non-hydrogen) atoms. The van der Waals surface area contributed by atoms with Gasteiger partial charge in [0.1, 0.15) is 15.6 Å². The molecule has 0 spiro atoms. The summed E-state index contributed by atoms with van der Waals surface area (Å²) in [6.45, 7) is 5.11. The van der Waals surface area contributed by atoms with Gasteiger partial charge in [0.2, 0.25) is 0 Å². The van der Waals surface area contributed by atoms with Crippen molar-refractivity contribution in [2.45, 2.75) is 13.3 Å². The summed E-state index contributed by atoms with van der Waals surface area (Å²) < 4.78 is 27.8. The average Bonchev–Trinajstić information content (AvgIpc) is 2.93. The van der Waals surface area contributed by atoms with E-state index in [9.17, 15) is 13.2 Å². The number of hydrogen-bond donors (Lipinski definition) is 0. The van der Waals surface area contributed by atoms with E-state index in [0.29, 0.717) is 38.5 Å². The van der Waals surface area contributed by atoms with Crippen LogP contribution >= 0.6 is 0 Å². The number of piperazine rings is 1. The number of carbonyl (C=O) groups excluding carboxylic acids is 1. The highest BCUT2D eigenvalue weighted by Gasteiger charge is 2.24. The van der Waals surface area contributed by atoms with Crippen molar-refractivity contribution in [1.29, 1.82) is 0 Å². The van der Waals surface area contributed by atoms with Crippen molar-refractivity contribution >= 4 is 15.7 Å². The van der Waals surface area contributed by atoms with E-state index in [2.05, 4.69) is 4.90 Å². The van der Waals surface area contributed by atoms with Crippen molar-refractivity contribution in [2.75, 3.05) is 44.7 Å². The summed E-state index contributed by atoms with van der Waals surface area (Å²) in [6, 6.07) is 3.55. The molecule has 0 radical (unpaired) electrons. The van der Waals surface area contributed by atoms with Gasteiger partial charge in [0, 0.05) is 45.4 Å². The standard InChI is InChI=1S/C14H22N2O4S/c1-3-12-4-5-13(20-12)14(17)16-8-6-15(7-9-16)10-11-21(2,18)19/h4-5H,3,6-11H2,1-2H3. The highest BCUT2D eigenvalue weighted by atomic mass is 32.2. The minimum atomic E-state index is -2.93. The SMILES string of the molecule is CCc1ccc(C(=O)N2CCN(CCS(C)(=O)=O)CC2)o1. The van der Waals surface area contributed by atoms with Crippen LogP contribution in [0.5, 0.6) is 0 Å². The number of sulfone groups is 1. The molecule has 7 heteroatoms. The van der Waals surface area contributed by atoms with E-state index in [0.717, 1.165) is 12.2 Å². The van der Waals surface area contributed by atoms with Gasteiger partial charge in [0.15, 0.2) is 5.76 Å². The Morgan fingerprint density at radius 3 is 2.43 bits per heavy atom. The molecule has 1 aliphatic rings. The molecule has 6 nitrogen and oxygen atoms in total. The number of hydrogen-bond acceptors (Lipinski definition) is 5. The first-order chi connectivity index (χ1) is 9.89. The average molecular weight is 314 g/mol. The second-order valence-electron chi connectivity index (χ2n) is 5.38. The molecule has 0 bridgehead atoms. The van der Waals surface area contributed by atoms with E-state index in [-0.39, 0.29) is 11.7 Å². The number of aryl methyl sites for hydroxylation is 1. The highest BCUT2D eigenvalue weighted by molar-refractivity contribution is 7.90. The van der Waals surface area contributed by atoms with Crippen LogP contribution in [-0.4, -0.2) is 68.9 Å². The fourth-order valence-corrected chi connectivity index (χ4v) is 2.90. The van der Waals surface area contributed by atoms with Gasteiger partial charge >= 0.3 is 0 Å². The molecule has 0 atom stereocenters. The molecule has 118 valence electrons. The normalized spacial score (nSPS) is 17.1. The van der Waals surface area contributed by atoms with Crippen LogP contribution in [0.15, 0.2) is 16.5 Å². The first kappa shape index (κ1) is 16.0. The Kier molecular flexibility index (Phi) is 5.05. The quantitative estimate of drug-likeness (QED) is 0.798. The summed E-state index contributed by atoms with van der Waals surface area (Å²) in [5, 5.41) is 0. The molecule has 1 fully saturated rings. The van der Waals surface area contributed by atoms with Crippen molar-refractivity contribution in [3.63, 3.8) is 0 Å². The zero-order valence-electron chi connectivity index (χ0n) is 12.5. The maximum atomic E-state index is 12.3. The van der Waals surface area contributed by atoms with Gasteiger partial charge in [-0.2, -0.15) is 0 Å². The van der Waals surface area contributed by atoms with Crippen LogP contribution in [0.4, 0.5) is 0 Å². The zero-order valence-corrected chi connectivity index (χ0v) is 13.4. The van der Waals surface area contributed by atoms with Crippen LogP contribution in [0.3, 0.4) is 0 Å². The summed E-state index contributed by atoms with van der Waals surface area (Å²) in [4.78, 5) is 16.1. The van der Waals surface area contributed by atoms with Crippen molar-refractivity contribution in [3.05, 3.63) is 23.7 Å². The molecular weight excluding hydrogens is 292 g/mol. The third-order valence-corrected chi connectivity index (χ3v) is 4.58. The van der Waals surface area contributed by atoms with Crippen molar-refractivity contribution in [2.24, 2.45) is 0 Å². The van der Waals surface area contributed by atoms with E-state index in [1.54, 1.807) is 11.0 Å². The van der Waals surface area contributed by atoms with Crippen LogP contribution < -0.4 is 0 Å². The van der Waals surface area contributed by atoms with Gasteiger partial charge < -0.3 is 9.32 Å². The van der Waals surface area contributed by atoms with Gasteiger partial charge in [-0.25, -0.2) is 8.42 Å². The van der Waals surface area contributed by atoms with Gasteiger partial charge in [0.25, 0.3) is 5.91 Å². The Morgan fingerprint density at radius 2 is 1.90 bits per heavy atom. The smallest absolute Gasteiger partial charge is 0.289 e. The first-order valence-corrected chi connectivity index (χ1v) is 9.23. The molecule has 0 unspecified atom stereocenters. The minimum absolute atomic E-state index is 0.0857. The predicted molar refractivity (Wildman–Crippen MR) is 80.1 cm³/mol. The van der Waals surface area contributed by atoms with E-state index >= 15 is 0 Å². The largest absolute Gasteiger partial charge is 0.456 e. The fraction of sp³-hybridized carbons (Fsp3) is 0.643. The molecular formula is C14H22N2O4S. The Bertz CT molecular complexity index is 586. The second kappa shape index (κ2) is 6.62. The molecule has 2 heterocycles. The van der Waals surface area contributed by atoms with Gasteiger partial charge in [0.05, 0.1) is 5.75 Å². The highest BCUT2D eigenvalue weighted by Crippen LogP contribution is 2.13. The van der Waals surface area contributed by atoms with Gasteiger partial charge in [-0.15, -0.1) is 0 Å². The molecule has 1 saturated heterocycles. The Labute approximate surface area is 125 Å². The van der Waals surface area contributed by atoms with Crippen LogP contribution in [0.2, 0.25) is 0 Å².